The number of thiophene rings is 1. The van der Waals surface area contributed by atoms with E-state index in [1.165, 1.54) is 15.9 Å². The first-order valence-electron chi connectivity index (χ1n) is 5.46. The zero-order valence-corrected chi connectivity index (χ0v) is 10.8. The Labute approximate surface area is 106 Å². The smallest absolute Gasteiger partial charge is 0.271 e. The maximum Gasteiger partial charge on any atom is 0.271 e. The highest BCUT2D eigenvalue weighted by Crippen LogP contribution is 2.19. The normalized spacial score (nSPS) is 11.2. The second kappa shape index (κ2) is 4.02. The van der Waals surface area contributed by atoms with Gasteiger partial charge in [0, 0.05) is 0 Å². The Morgan fingerprint density at radius 3 is 3.00 bits per heavy atom. The summed E-state index contributed by atoms with van der Waals surface area (Å²) < 4.78 is 2.21. The lowest BCUT2D eigenvalue weighted by Gasteiger charge is -2.01. The Hall–Kier alpha value is -2.02. The zero-order valence-electron chi connectivity index (χ0n) is 9.97. The van der Waals surface area contributed by atoms with Crippen LogP contribution in [-0.4, -0.2) is 24.7 Å². The molecule has 3 aromatic rings. The van der Waals surface area contributed by atoms with E-state index in [1.54, 1.807) is 6.33 Å². The summed E-state index contributed by atoms with van der Waals surface area (Å²) in [6.07, 6.45) is 1.55. The van der Waals surface area contributed by atoms with Crippen molar-refractivity contribution in [1.82, 2.24) is 24.7 Å². The van der Waals surface area contributed by atoms with E-state index in [9.17, 15) is 4.79 Å². The van der Waals surface area contributed by atoms with Crippen LogP contribution < -0.4 is 5.56 Å². The van der Waals surface area contributed by atoms with Crippen LogP contribution >= 0.6 is 11.3 Å². The van der Waals surface area contributed by atoms with E-state index in [0.29, 0.717) is 17.1 Å². The van der Waals surface area contributed by atoms with Crippen molar-refractivity contribution < 1.29 is 0 Å². The van der Waals surface area contributed by atoms with Crippen LogP contribution in [0.2, 0.25) is 0 Å². The molecule has 3 heterocycles. The number of nitrogens with one attached hydrogen (secondary N) is 1. The van der Waals surface area contributed by atoms with Gasteiger partial charge in [0.15, 0.2) is 5.82 Å². The fourth-order valence-corrected chi connectivity index (χ4v) is 2.73. The molecule has 7 heteroatoms. The highest BCUT2D eigenvalue weighted by Gasteiger charge is 2.09. The van der Waals surface area contributed by atoms with Gasteiger partial charge in [0.2, 0.25) is 0 Å². The molecule has 6 nitrogen and oxygen atoms in total. The average molecular weight is 261 g/mol. The van der Waals surface area contributed by atoms with Gasteiger partial charge in [0.1, 0.15) is 10.5 Å². The van der Waals surface area contributed by atoms with Gasteiger partial charge in [0.05, 0.1) is 18.4 Å². The van der Waals surface area contributed by atoms with Gasteiger partial charge in [-0.15, -0.1) is 11.3 Å². The van der Waals surface area contributed by atoms with Crippen LogP contribution in [0.15, 0.2) is 16.5 Å². The van der Waals surface area contributed by atoms with Crippen molar-refractivity contribution in [1.29, 1.82) is 0 Å². The molecule has 0 aliphatic carbocycles. The van der Waals surface area contributed by atoms with Gasteiger partial charge >= 0.3 is 0 Å². The van der Waals surface area contributed by atoms with E-state index in [2.05, 4.69) is 20.2 Å². The Morgan fingerprint density at radius 1 is 1.44 bits per heavy atom. The quantitative estimate of drug-likeness (QED) is 0.753. The molecule has 0 spiro atoms. The van der Waals surface area contributed by atoms with E-state index in [0.717, 1.165) is 16.9 Å². The molecule has 0 radical (unpaired) electrons. The van der Waals surface area contributed by atoms with Gasteiger partial charge in [-0.05, 0) is 24.8 Å². The SMILES string of the molecule is Cc1nc(Cn2cnc3c(C)csc3c2=O)n[nH]1. The van der Waals surface area contributed by atoms with Gasteiger partial charge in [-0.2, -0.15) is 5.10 Å². The van der Waals surface area contributed by atoms with Crippen molar-refractivity contribution in [2.24, 2.45) is 0 Å². The topological polar surface area (TPSA) is 76.5 Å². The molecule has 0 atom stereocenters. The molecule has 0 bridgehead atoms. The van der Waals surface area contributed by atoms with Crippen molar-refractivity contribution in [2.75, 3.05) is 0 Å². The molecule has 0 fully saturated rings. The second-order valence-electron chi connectivity index (χ2n) is 4.11. The molecule has 0 saturated carbocycles. The lowest BCUT2D eigenvalue weighted by atomic mass is 10.3. The van der Waals surface area contributed by atoms with E-state index in [1.807, 2.05) is 19.2 Å². The Kier molecular flexibility index (Phi) is 2.48. The standard InChI is InChI=1S/C11H11N5OS/c1-6-4-18-10-9(6)12-5-16(11(10)17)3-8-13-7(2)14-15-8/h4-5H,3H2,1-2H3,(H,13,14,15). The van der Waals surface area contributed by atoms with Crippen LogP contribution in [0.3, 0.4) is 0 Å². The fraction of sp³-hybridized carbons (Fsp3) is 0.273. The third-order valence-electron chi connectivity index (χ3n) is 2.68. The van der Waals surface area contributed by atoms with Crippen LogP contribution in [0.25, 0.3) is 10.2 Å². The number of nitrogens with zero attached hydrogens (tertiary/aromatic N) is 4. The van der Waals surface area contributed by atoms with E-state index in [-0.39, 0.29) is 5.56 Å². The first kappa shape index (κ1) is 11.1. The predicted octanol–water partition coefficient (Wildman–Crippen LogP) is 1.24. The summed E-state index contributed by atoms with van der Waals surface area (Å²) in [5.41, 5.74) is 1.78. The second-order valence-corrected chi connectivity index (χ2v) is 4.99. The van der Waals surface area contributed by atoms with Crippen LogP contribution in [0, 0.1) is 13.8 Å². The van der Waals surface area contributed by atoms with Crippen LogP contribution in [0.4, 0.5) is 0 Å². The van der Waals surface area contributed by atoms with Gasteiger partial charge in [-0.25, -0.2) is 9.97 Å². The first-order chi connectivity index (χ1) is 8.65. The number of hydrogen-bond donors (Lipinski definition) is 1. The van der Waals surface area contributed by atoms with Gasteiger partial charge in [0.25, 0.3) is 5.56 Å². The lowest BCUT2D eigenvalue weighted by Crippen LogP contribution is -2.20. The maximum atomic E-state index is 12.2. The molecule has 0 unspecified atom stereocenters. The summed E-state index contributed by atoms with van der Waals surface area (Å²) in [5, 5.41) is 8.72. The number of hydrogen-bond acceptors (Lipinski definition) is 5. The first-order valence-corrected chi connectivity index (χ1v) is 6.34. The highest BCUT2D eigenvalue weighted by molar-refractivity contribution is 7.17. The van der Waals surface area contributed by atoms with Crippen LogP contribution in [-0.2, 0) is 6.54 Å². The Morgan fingerprint density at radius 2 is 2.28 bits per heavy atom. The number of aromatic amines is 1. The number of fused-ring (bicyclic) bond motifs is 1. The molecule has 0 saturated heterocycles. The number of rotatable bonds is 2. The molecule has 92 valence electrons. The minimum Gasteiger partial charge on any atom is -0.290 e. The van der Waals surface area contributed by atoms with Crippen molar-refractivity contribution in [3.8, 4) is 0 Å². The summed E-state index contributed by atoms with van der Waals surface area (Å²) in [5.74, 6) is 1.32. The van der Waals surface area contributed by atoms with E-state index < -0.39 is 0 Å². The van der Waals surface area contributed by atoms with Crippen molar-refractivity contribution in [2.45, 2.75) is 20.4 Å². The summed E-state index contributed by atoms with van der Waals surface area (Å²) >= 11 is 1.43. The largest absolute Gasteiger partial charge is 0.290 e. The summed E-state index contributed by atoms with van der Waals surface area (Å²) in [6.45, 7) is 4.11. The minimum atomic E-state index is -0.0412. The molecule has 0 amide bonds. The highest BCUT2D eigenvalue weighted by atomic mass is 32.1. The zero-order chi connectivity index (χ0) is 12.7. The molecule has 3 aromatic heterocycles. The van der Waals surface area contributed by atoms with Crippen molar-refractivity contribution in [3.63, 3.8) is 0 Å². The van der Waals surface area contributed by atoms with E-state index in [4.69, 9.17) is 0 Å². The van der Waals surface area contributed by atoms with Crippen molar-refractivity contribution in [3.05, 3.63) is 39.3 Å². The molecule has 3 rings (SSSR count). The molecule has 0 aromatic carbocycles. The summed E-state index contributed by atoms with van der Waals surface area (Å²) in [4.78, 5) is 20.7. The Balaban J connectivity index is 2.07. The van der Waals surface area contributed by atoms with Crippen LogP contribution in [0.5, 0.6) is 0 Å². The number of aryl methyl sites for hydroxylation is 2. The van der Waals surface area contributed by atoms with Gasteiger partial charge < -0.3 is 0 Å². The summed E-state index contributed by atoms with van der Waals surface area (Å²) in [6, 6.07) is 0. The van der Waals surface area contributed by atoms with Gasteiger partial charge in [-0.3, -0.25) is 14.5 Å². The third-order valence-corrected chi connectivity index (χ3v) is 3.75. The molecule has 0 aliphatic rings. The number of H-pyrrole nitrogens is 1. The maximum absolute atomic E-state index is 12.2. The molecule has 1 N–H and O–H groups in total. The molecular weight excluding hydrogens is 250 g/mol. The number of aromatic nitrogens is 5. The predicted molar refractivity (Wildman–Crippen MR) is 68.8 cm³/mol. The van der Waals surface area contributed by atoms with E-state index >= 15 is 0 Å². The summed E-state index contributed by atoms with van der Waals surface area (Å²) in [7, 11) is 0. The third kappa shape index (κ3) is 1.72. The lowest BCUT2D eigenvalue weighted by molar-refractivity contribution is 0.710. The van der Waals surface area contributed by atoms with Gasteiger partial charge in [-0.1, -0.05) is 0 Å². The monoisotopic (exact) mass is 261 g/mol. The Bertz CT molecular complexity index is 769. The molecular formula is C11H11N5OS. The van der Waals surface area contributed by atoms with Crippen LogP contribution in [0.1, 0.15) is 17.2 Å². The van der Waals surface area contributed by atoms with Crippen molar-refractivity contribution >= 4 is 21.6 Å². The molecule has 18 heavy (non-hydrogen) atoms. The average Bonchev–Trinajstić information content (AvgIpc) is 2.91. The minimum absolute atomic E-state index is 0.0412. The fourth-order valence-electron chi connectivity index (χ4n) is 1.79. The molecule has 0 aliphatic heterocycles.